The van der Waals surface area contributed by atoms with Crippen molar-refractivity contribution in [3.8, 4) is 0 Å². The number of ether oxygens (including phenoxy) is 1. The van der Waals surface area contributed by atoms with E-state index in [1.807, 2.05) is 13.8 Å². The third-order valence-electron chi connectivity index (χ3n) is 2.83. The number of nitrogens with zero attached hydrogens (tertiary/aromatic N) is 2. The van der Waals surface area contributed by atoms with Gasteiger partial charge in [0, 0.05) is 32.9 Å². The van der Waals surface area contributed by atoms with Crippen LogP contribution in [0.1, 0.15) is 20.3 Å². The van der Waals surface area contributed by atoms with Gasteiger partial charge in [-0.3, -0.25) is 0 Å². The summed E-state index contributed by atoms with van der Waals surface area (Å²) in [5, 5.41) is 3.06. The van der Waals surface area contributed by atoms with Gasteiger partial charge in [-0.05, 0) is 18.6 Å². The Morgan fingerprint density at radius 1 is 1.40 bits per heavy atom. The lowest BCUT2D eigenvalue weighted by molar-refractivity contribution is 0.180. The Balaban J connectivity index is 3.06. The number of methoxy groups -OCH3 is 1. The van der Waals surface area contributed by atoms with Gasteiger partial charge in [-0.2, -0.15) is 4.31 Å². The summed E-state index contributed by atoms with van der Waals surface area (Å²) in [5.74, 6) is 0.408. The number of sulfonamides is 1. The summed E-state index contributed by atoms with van der Waals surface area (Å²) >= 11 is 0. The quantitative estimate of drug-likeness (QED) is 0.749. The molecule has 0 bridgehead atoms. The van der Waals surface area contributed by atoms with E-state index in [1.54, 1.807) is 25.4 Å². The monoisotopic (exact) mass is 301 g/mol. The molecule has 7 heteroatoms. The van der Waals surface area contributed by atoms with Gasteiger partial charge in [0.05, 0.1) is 6.61 Å². The van der Waals surface area contributed by atoms with Crippen LogP contribution in [0.5, 0.6) is 0 Å². The highest BCUT2D eigenvalue weighted by molar-refractivity contribution is 7.89. The molecule has 0 saturated carbocycles. The molecule has 0 spiro atoms. The number of anilines is 1. The molecular formula is C13H23N3O3S. The molecule has 0 aliphatic rings. The average molecular weight is 301 g/mol. The van der Waals surface area contributed by atoms with Crippen molar-refractivity contribution < 1.29 is 13.2 Å². The first-order valence-electron chi connectivity index (χ1n) is 6.75. The van der Waals surface area contributed by atoms with Crippen LogP contribution in [0.15, 0.2) is 23.2 Å². The van der Waals surface area contributed by atoms with Gasteiger partial charge in [-0.15, -0.1) is 0 Å². The van der Waals surface area contributed by atoms with Crippen LogP contribution in [-0.2, 0) is 14.8 Å². The molecule has 6 nitrogen and oxygen atoms in total. The zero-order valence-electron chi connectivity index (χ0n) is 12.3. The maximum Gasteiger partial charge on any atom is 0.246 e. The molecule has 1 heterocycles. The minimum atomic E-state index is -3.56. The smallest absolute Gasteiger partial charge is 0.246 e. The summed E-state index contributed by atoms with van der Waals surface area (Å²) in [5.41, 5.74) is 0. The molecule has 0 fully saturated rings. The number of rotatable bonds is 9. The van der Waals surface area contributed by atoms with Gasteiger partial charge in [0.25, 0.3) is 0 Å². The van der Waals surface area contributed by atoms with Crippen LogP contribution in [0, 0.1) is 0 Å². The van der Waals surface area contributed by atoms with Crippen LogP contribution in [0.4, 0.5) is 5.82 Å². The number of aromatic nitrogens is 1. The zero-order chi connectivity index (χ0) is 15.0. The van der Waals surface area contributed by atoms with Crippen molar-refractivity contribution in [2.75, 3.05) is 38.7 Å². The van der Waals surface area contributed by atoms with E-state index in [0.717, 1.165) is 6.42 Å². The van der Waals surface area contributed by atoms with Gasteiger partial charge in [0.15, 0.2) is 0 Å². The molecule has 0 radical (unpaired) electrons. The maximum absolute atomic E-state index is 12.6. The summed E-state index contributed by atoms with van der Waals surface area (Å²) in [7, 11) is -2.00. The topological polar surface area (TPSA) is 71.5 Å². The van der Waals surface area contributed by atoms with E-state index in [9.17, 15) is 8.42 Å². The van der Waals surface area contributed by atoms with E-state index in [0.29, 0.717) is 32.1 Å². The van der Waals surface area contributed by atoms with E-state index >= 15 is 0 Å². The van der Waals surface area contributed by atoms with E-state index in [1.165, 1.54) is 4.31 Å². The molecule has 1 N–H and O–H groups in total. The molecule has 0 aromatic carbocycles. The van der Waals surface area contributed by atoms with Gasteiger partial charge in [-0.1, -0.05) is 13.8 Å². The molecule has 0 unspecified atom stereocenters. The number of hydrogen-bond donors (Lipinski definition) is 1. The van der Waals surface area contributed by atoms with Crippen molar-refractivity contribution in [3.05, 3.63) is 18.3 Å². The first kappa shape index (κ1) is 16.9. The molecule has 20 heavy (non-hydrogen) atoms. The van der Waals surface area contributed by atoms with Crippen LogP contribution in [-0.4, -0.2) is 51.1 Å². The summed E-state index contributed by atoms with van der Waals surface area (Å²) in [6.45, 7) is 5.60. The lowest BCUT2D eigenvalue weighted by Crippen LogP contribution is -2.34. The van der Waals surface area contributed by atoms with E-state index in [4.69, 9.17) is 4.74 Å². The fourth-order valence-electron chi connectivity index (χ4n) is 1.76. The highest BCUT2D eigenvalue weighted by atomic mass is 32.2. The van der Waals surface area contributed by atoms with Crippen molar-refractivity contribution in [2.45, 2.75) is 25.2 Å². The first-order chi connectivity index (χ1) is 9.57. The Kier molecular flexibility index (Phi) is 6.90. The fraction of sp³-hybridized carbons (Fsp3) is 0.615. The summed E-state index contributed by atoms with van der Waals surface area (Å²) in [4.78, 5) is 4.35. The number of nitrogens with one attached hydrogen (secondary N) is 1. The number of likely N-dealkylation sites (N-methyl/N-ethyl adjacent to an activating group) is 1. The summed E-state index contributed by atoms with van der Waals surface area (Å²) < 4.78 is 31.6. The Bertz CT molecular complexity index is 505. The van der Waals surface area contributed by atoms with Crippen molar-refractivity contribution in [1.82, 2.24) is 9.29 Å². The predicted molar refractivity (Wildman–Crippen MR) is 79.3 cm³/mol. The standard InChI is InChI=1S/C13H23N3O3S/c1-4-8-14-13-12(7-6-9-15-13)20(17,18)16(5-2)10-11-19-3/h6-7,9H,4-5,8,10-11H2,1-3H3,(H,14,15). The lowest BCUT2D eigenvalue weighted by atomic mass is 10.4. The summed E-state index contributed by atoms with van der Waals surface area (Å²) in [6.07, 6.45) is 2.49. The lowest BCUT2D eigenvalue weighted by Gasteiger charge is -2.21. The zero-order valence-corrected chi connectivity index (χ0v) is 13.1. The van der Waals surface area contributed by atoms with Crippen molar-refractivity contribution >= 4 is 15.8 Å². The normalized spacial score (nSPS) is 11.8. The third kappa shape index (κ3) is 4.16. The molecule has 0 aliphatic heterocycles. The van der Waals surface area contributed by atoms with E-state index in [2.05, 4.69) is 10.3 Å². The fourth-order valence-corrected chi connectivity index (χ4v) is 3.31. The van der Waals surface area contributed by atoms with Crippen molar-refractivity contribution in [2.24, 2.45) is 0 Å². The molecule has 0 amide bonds. The molecule has 1 rings (SSSR count). The Hall–Kier alpha value is -1.18. The van der Waals surface area contributed by atoms with Crippen LogP contribution >= 0.6 is 0 Å². The van der Waals surface area contributed by atoms with Crippen molar-refractivity contribution in [1.29, 1.82) is 0 Å². The number of pyridine rings is 1. The van der Waals surface area contributed by atoms with Gasteiger partial charge in [0.2, 0.25) is 10.0 Å². The minimum absolute atomic E-state index is 0.214. The second kappa shape index (κ2) is 8.18. The second-order valence-electron chi connectivity index (χ2n) is 4.27. The van der Waals surface area contributed by atoms with Gasteiger partial charge >= 0.3 is 0 Å². The average Bonchev–Trinajstić information content (AvgIpc) is 2.46. The van der Waals surface area contributed by atoms with E-state index in [-0.39, 0.29) is 4.90 Å². The van der Waals surface area contributed by atoms with Gasteiger partial charge in [0.1, 0.15) is 10.7 Å². The van der Waals surface area contributed by atoms with Gasteiger partial charge in [-0.25, -0.2) is 13.4 Å². The highest BCUT2D eigenvalue weighted by Crippen LogP contribution is 2.22. The van der Waals surface area contributed by atoms with Crippen LogP contribution in [0.25, 0.3) is 0 Å². The summed E-state index contributed by atoms with van der Waals surface area (Å²) in [6, 6.07) is 3.21. The molecule has 0 saturated heterocycles. The molecule has 0 atom stereocenters. The van der Waals surface area contributed by atoms with E-state index < -0.39 is 10.0 Å². The second-order valence-corrected chi connectivity index (χ2v) is 6.17. The third-order valence-corrected chi connectivity index (χ3v) is 4.83. The molecule has 1 aromatic heterocycles. The SMILES string of the molecule is CCCNc1ncccc1S(=O)(=O)N(CC)CCOC. The Morgan fingerprint density at radius 2 is 2.15 bits per heavy atom. The Morgan fingerprint density at radius 3 is 2.75 bits per heavy atom. The van der Waals surface area contributed by atoms with Gasteiger partial charge < -0.3 is 10.1 Å². The molecular weight excluding hydrogens is 278 g/mol. The minimum Gasteiger partial charge on any atom is -0.383 e. The van der Waals surface area contributed by atoms with Crippen LogP contribution in [0.2, 0.25) is 0 Å². The largest absolute Gasteiger partial charge is 0.383 e. The highest BCUT2D eigenvalue weighted by Gasteiger charge is 2.26. The van der Waals surface area contributed by atoms with Crippen molar-refractivity contribution in [3.63, 3.8) is 0 Å². The predicted octanol–water partition coefficient (Wildman–Crippen LogP) is 1.56. The molecule has 114 valence electrons. The first-order valence-corrected chi connectivity index (χ1v) is 8.19. The molecule has 0 aliphatic carbocycles. The molecule has 1 aromatic rings. The van der Waals surface area contributed by atoms with Crippen LogP contribution < -0.4 is 5.32 Å². The van der Waals surface area contributed by atoms with Crippen LogP contribution in [0.3, 0.4) is 0 Å². The Labute approximate surface area is 121 Å². The number of hydrogen-bond acceptors (Lipinski definition) is 5. The maximum atomic E-state index is 12.6.